The molecule has 1 atom stereocenters. The molecule has 1 aromatic heterocycles. The number of nitrogens with zero attached hydrogens (tertiary/aromatic N) is 3. The lowest BCUT2D eigenvalue weighted by Crippen LogP contribution is -2.36. The number of nitrogens with one attached hydrogen (secondary N) is 2. The molecule has 1 unspecified atom stereocenters. The van der Waals surface area contributed by atoms with Crippen LogP contribution < -0.4 is 20.1 Å². The third kappa shape index (κ3) is 6.63. The molecule has 0 saturated heterocycles. The number of rotatable bonds is 8. The lowest BCUT2D eigenvalue weighted by Gasteiger charge is -2.16. The average molecular weight is 561 g/mol. The smallest absolute Gasteiger partial charge is 0.191 e. The van der Waals surface area contributed by atoms with E-state index in [1.54, 1.807) is 13.2 Å². The molecule has 0 saturated carbocycles. The molecule has 0 bridgehead atoms. The van der Waals surface area contributed by atoms with Gasteiger partial charge in [0.25, 0.3) is 0 Å². The van der Waals surface area contributed by atoms with Crippen molar-refractivity contribution in [3.8, 4) is 11.5 Å². The van der Waals surface area contributed by atoms with Crippen LogP contribution in [0.5, 0.6) is 11.5 Å². The minimum absolute atomic E-state index is 0. The third-order valence-electron chi connectivity index (χ3n) is 5.42. The van der Waals surface area contributed by atoms with E-state index in [-0.39, 0.29) is 30.1 Å². The molecule has 0 spiro atoms. The van der Waals surface area contributed by atoms with E-state index in [0.29, 0.717) is 19.7 Å². The van der Waals surface area contributed by atoms with Gasteiger partial charge in [0, 0.05) is 56.6 Å². The average Bonchev–Trinajstić information content (AvgIpc) is 3.42. The van der Waals surface area contributed by atoms with Gasteiger partial charge in [0.15, 0.2) is 5.96 Å². The number of hydrogen-bond donors (Lipinski definition) is 2. The van der Waals surface area contributed by atoms with Crippen molar-refractivity contribution >= 4 is 29.9 Å². The summed E-state index contributed by atoms with van der Waals surface area (Å²) in [4.78, 5) is 8.48. The van der Waals surface area contributed by atoms with Crippen molar-refractivity contribution in [1.82, 2.24) is 20.2 Å². The van der Waals surface area contributed by atoms with Gasteiger partial charge in [-0.05, 0) is 37.1 Å². The van der Waals surface area contributed by atoms with Crippen molar-refractivity contribution in [3.05, 3.63) is 77.4 Å². The Morgan fingerprint density at radius 1 is 1.21 bits per heavy atom. The van der Waals surface area contributed by atoms with Crippen LogP contribution in [0.3, 0.4) is 0 Å². The fraction of sp³-hybridized carbons (Fsp3) is 0.360. The standard InChI is InChI=1S/C25H31N5O2.HI/c1-4-31-23-12-21-10-18(2)32-24(21)13-22(23)15-29-25(26-3)28-14-19-6-5-7-20(11-19)16-30-9-8-27-17-30;/h5-9,11-13,17-18H,4,10,14-16H2,1-3H3,(H2,26,28,29);1H. The number of aliphatic imine (C=N–C) groups is 1. The number of hydrogen-bond acceptors (Lipinski definition) is 4. The Hall–Kier alpha value is -2.75. The van der Waals surface area contributed by atoms with Crippen LogP contribution in [0.15, 0.2) is 60.1 Å². The Bertz CT molecular complexity index is 1070. The van der Waals surface area contributed by atoms with Crippen LogP contribution in [0.25, 0.3) is 0 Å². The van der Waals surface area contributed by atoms with E-state index < -0.39 is 0 Å². The summed E-state index contributed by atoms with van der Waals surface area (Å²) in [5.41, 5.74) is 4.70. The number of guanidine groups is 1. The zero-order valence-electron chi connectivity index (χ0n) is 19.4. The van der Waals surface area contributed by atoms with Crippen molar-refractivity contribution in [2.24, 2.45) is 4.99 Å². The maximum absolute atomic E-state index is 5.93. The third-order valence-corrected chi connectivity index (χ3v) is 5.42. The fourth-order valence-electron chi connectivity index (χ4n) is 3.92. The Kier molecular flexibility index (Phi) is 8.99. The molecular weight excluding hydrogens is 529 g/mol. The van der Waals surface area contributed by atoms with Crippen molar-refractivity contribution in [3.63, 3.8) is 0 Å². The quantitative estimate of drug-likeness (QED) is 0.246. The second kappa shape index (κ2) is 11.9. The summed E-state index contributed by atoms with van der Waals surface area (Å²) in [5, 5.41) is 6.80. The molecule has 3 aromatic rings. The van der Waals surface area contributed by atoms with Gasteiger partial charge in [-0.3, -0.25) is 4.99 Å². The van der Waals surface area contributed by atoms with Gasteiger partial charge in [-0.25, -0.2) is 4.98 Å². The number of ether oxygens (including phenoxy) is 2. The predicted molar refractivity (Wildman–Crippen MR) is 142 cm³/mol. The van der Waals surface area contributed by atoms with Crippen molar-refractivity contribution in [1.29, 1.82) is 0 Å². The molecule has 176 valence electrons. The number of benzene rings is 2. The molecule has 8 heteroatoms. The van der Waals surface area contributed by atoms with Crippen LogP contribution in [0.4, 0.5) is 0 Å². The SMILES string of the molecule is CCOc1cc2c(cc1CNC(=NC)NCc1cccc(Cn3ccnc3)c1)OC(C)C2.I. The van der Waals surface area contributed by atoms with Crippen molar-refractivity contribution < 1.29 is 9.47 Å². The van der Waals surface area contributed by atoms with Crippen LogP contribution >= 0.6 is 24.0 Å². The molecule has 0 radical (unpaired) electrons. The summed E-state index contributed by atoms with van der Waals surface area (Å²) >= 11 is 0. The molecule has 0 aliphatic carbocycles. The minimum Gasteiger partial charge on any atom is -0.494 e. The molecule has 4 rings (SSSR count). The Morgan fingerprint density at radius 3 is 2.79 bits per heavy atom. The number of imidazole rings is 1. The molecule has 33 heavy (non-hydrogen) atoms. The van der Waals surface area contributed by atoms with Crippen LogP contribution in [0, 0.1) is 0 Å². The second-order valence-electron chi connectivity index (χ2n) is 7.97. The van der Waals surface area contributed by atoms with Crippen LogP contribution in [0.1, 0.15) is 36.1 Å². The van der Waals surface area contributed by atoms with Crippen LogP contribution in [-0.4, -0.2) is 35.3 Å². The number of aromatic nitrogens is 2. The highest BCUT2D eigenvalue weighted by Crippen LogP contribution is 2.35. The topological polar surface area (TPSA) is 72.7 Å². The van der Waals surface area contributed by atoms with Crippen molar-refractivity contribution in [2.75, 3.05) is 13.7 Å². The molecule has 2 heterocycles. The van der Waals surface area contributed by atoms with E-state index in [2.05, 4.69) is 68.5 Å². The fourth-order valence-corrected chi connectivity index (χ4v) is 3.92. The molecule has 0 fully saturated rings. The number of halogens is 1. The van der Waals surface area contributed by atoms with Crippen molar-refractivity contribution in [2.45, 2.75) is 46.0 Å². The first-order chi connectivity index (χ1) is 15.6. The van der Waals surface area contributed by atoms with E-state index in [9.17, 15) is 0 Å². The highest BCUT2D eigenvalue weighted by molar-refractivity contribution is 14.0. The molecule has 2 N–H and O–H groups in total. The molecular formula is C25H32IN5O2. The molecule has 7 nitrogen and oxygen atoms in total. The lowest BCUT2D eigenvalue weighted by atomic mass is 10.1. The first-order valence-electron chi connectivity index (χ1n) is 11.1. The van der Waals surface area contributed by atoms with E-state index in [0.717, 1.165) is 36.0 Å². The van der Waals surface area contributed by atoms with E-state index >= 15 is 0 Å². The Balaban J connectivity index is 0.00000306. The van der Waals surface area contributed by atoms with Gasteiger partial charge in [-0.2, -0.15) is 0 Å². The normalized spacial score (nSPS) is 14.8. The summed E-state index contributed by atoms with van der Waals surface area (Å²) in [6.45, 7) is 6.81. The van der Waals surface area contributed by atoms with Gasteiger partial charge in [0.1, 0.15) is 17.6 Å². The molecule has 1 aliphatic rings. The van der Waals surface area contributed by atoms with Gasteiger partial charge in [-0.15, -0.1) is 24.0 Å². The molecule has 2 aromatic carbocycles. The van der Waals surface area contributed by atoms with E-state index in [1.807, 2.05) is 19.4 Å². The maximum atomic E-state index is 5.93. The van der Waals surface area contributed by atoms with Gasteiger partial charge in [-0.1, -0.05) is 24.3 Å². The first kappa shape index (κ1) is 24.9. The van der Waals surface area contributed by atoms with Gasteiger partial charge in [0.05, 0.1) is 12.9 Å². The summed E-state index contributed by atoms with van der Waals surface area (Å²) in [7, 11) is 1.78. The predicted octanol–water partition coefficient (Wildman–Crippen LogP) is 4.14. The molecule has 0 amide bonds. The van der Waals surface area contributed by atoms with Crippen LogP contribution in [-0.2, 0) is 26.1 Å². The monoisotopic (exact) mass is 561 g/mol. The van der Waals surface area contributed by atoms with E-state index in [4.69, 9.17) is 9.47 Å². The minimum atomic E-state index is 0. The second-order valence-corrected chi connectivity index (χ2v) is 7.97. The Morgan fingerprint density at radius 2 is 2.03 bits per heavy atom. The highest BCUT2D eigenvalue weighted by atomic mass is 127. The van der Waals surface area contributed by atoms with Crippen LogP contribution in [0.2, 0.25) is 0 Å². The summed E-state index contributed by atoms with van der Waals surface area (Å²) < 4.78 is 13.9. The zero-order chi connectivity index (χ0) is 22.3. The highest BCUT2D eigenvalue weighted by Gasteiger charge is 2.21. The maximum Gasteiger partial charge on any atom is 0.191 e. The van der Waals surface area contributed by atoms with Gasteiger partial charge >= 0.3 is 0 Å². The summed E-state index contributed by atoms with van der Waals surface area (Å²) in [6.07, 6.45) is 6.73. The first-order valence-corrected chi connectivity index (χ1v) is 11.1. The Labute approximate surface area is 212 Å². The number of fused-ring (bicyclic) bond motifs is 1. The zero-order valence-corrected chi connectivity index (χ0v) is 21.7. The summed E-state index contributed by atoms with van der Waals surface area (Å²) in [5.74, 6) is 2.59. The lowest BCUT2D eigenvalue weighted by molar-refractivity contribution is 0.254. The van der Waals surface area contributed by atoms with Gasteiger partial charge < -0.3 is 24.7 Å². The molecule has 1 aliphatic heterocycles. The summed E-state index contributed by atoms with van der Waals surface area (Å²) in [6, 6.07) is 12.7. The largest absolute Gasteiger partial charge is 0.494 e. The van der Waals surface area contributed by atoms with Gasteiger partial charge in [0.2, 0.25) is 0 Å². The van der Waals surface area contributed by atoms with E-state index in [1.165, 1.54) is 16.7 Å².